The van der Waals surface area contributed by atoms with E-state index in [4.69, 9.17) is 5.84 Å². The summed E-state index contributed by atoms with van der Waals surface area (Å²) in [6, 6.07) is 7.06. The predicted molar refractivity (Wildman–Crippen MR) is 78.4 cm³/mol. The Kier molecular flexibility index (Phi) is 4.27. The number of hydrogen-bond acceptors (Lipinski definition) is 5. The number of hydrazine groups is 1. The van der Waals surface area contributed by atoms with Gasteiger partial charge in [-0.2, -0.15) is 0 Å². The van der Waals surface area contributed by atoms with Crippen molar-refractivity contribution in [1.29, 1.82) is 0 Å². The summed E-state index contributed by atoms with van der Waals surface area (Å²) < 4.78 is 0. The summed E-state index contributed by atoms with van der Waals surface area (Å²) in [5.41, 5.74) is 4.66. The Balaban J connectivity index is 2.27. The van der Waals surface area contributed by atoms with E-state index < -0.39 is 0 Å². The normalized spacial score (nSPS) is 10.2. The van der Waals surface area contributed by atoms with Gasteiger partial charge in [-0.25, -0.2) is 15.8 Å². The van der Waals surface area contributed by atoms with Gasteiger partial charge in [0.15, 0.2) is 0 Å². The number of carbonyl (C=O) groups is 1. The van der Waals surface area contributed by atoms with Gasteiger partial charge in [-0.3, -0.25) is 4.79 Å². The molecule has 2 rings (SSSR count). The molecule has 1 amide bonds. The van der Waals surface area contributed by atoms with Crippen LogP contribution in [0.5, 0.6) is 0 Å². The lowest BCUT2D eigenvalue weighted by molar-refractivity contribution is 0.102. The van der Waals surface area contributed by atoms with Gasteiger partial charge in [0.1, 0.15) is 11.6 Å². The van der Waals surface area contributed by atoms with Crippen molar-refractivity contribution in [3.63, 3.8) is 0 Å². The monoisotopic (exact) mass is 271 g/mol. The number of nitrogens with zero attached hydrogens (tertiary/aromatic N) is 2. The van der Waals surface area contributed by atoms with Crippen LogP contribution in [-0.4, -0.2) is 15.9 Å². The summed E-state index contributed by atoms with van der Waals surface area (Å²) >= 11 is 0. The topological polar surface area (TPSA) is 92.9 Å². The molecular weight excluding hydrogens is 254 g/mol. The number of rotatable bonds is 4. The van der Waals surface area contributed by atoms with Crippen molar-refractivity contribution >= 4 is 17.5 Å². The average molecular weight is 271 g/mol. The smallest absolute Gasteiger partial charge is 0.257 e. The summed E-state index contributed by atoms with van der Waals surface area (Å²) in [5.74, 6) is 6.14. The second-order valence-electron chi connectivity index (χ2n) is 4.35. The lowest BCUT2D eigenvalue weighted by Crippen LogP contribution is -2.16. The molecule has 0 saturated heterocycles. The number of anilines is 2. The van der Waals surface area contributed by atoms with Crippen molar-refractivity contribution in [3.05, 3.63) is 47.3 Å². The van der Waals surface area contributed by atoms with Gasteiger partial charge in [0.05, 0.1) is 0 Å². The van der Waals surface area contributed by atoms with Gasteiger partial charge < -0.3 is 10.7 Å². The molecule has 0 aromatic carbocycles. The summed E-state index contributed by atoms with van der Waals surface area (Å²) in [7, 11) is 0. The molecule has 20 heavy (non-hydrogen) atoms. The zero-order chi connectivity index (χ0) is 14.5. The van der Waals surface area contributed by atoms with E-state index in [0.29, 0.717) is 17.2 Å². The van der Waals surface area contributed by atoms with E-state index in [1.807, 2.05) is 26.0 Å². The average Bonchev–Trinajstić information content (AvgIpc) is 2.48. The number of carbonyl (C=O) groups excluding carboxylic acids is 1. The summed E-state index contributed by atoms with van der Waals surface area (Å²) in [6.45, 7) is 3.85. The quantitative estimate of drug-likeness (QED) is 0.583. The van der Waals surface area contributed by atoms with Crippen LogP contribution in [0.1, 0.15) is 28.5 Å². The third-order valence-corrected chi connectivity index (χ3v) is 2.89. The van der Waals surface area contributed by atoms with Crippen LogP contribution >= 0.6 is 0 Å². The van der Waals surface area contributed by atoms with Crippen molar-refractivity contribution in [2.45, 2.75) is 20.3 Å². The molecule has 0 saturated carbocycles. The van der Waals surface area contributed by atoms with Gasteiger partial charge in [0.2, 0.25) is 0 Å². The Morgan fingerprint density at radius 1 is 1.40 bits per heavy atom. The first-order chi connectivity index (χ1) is 9.63. The zero-order valence-corrected chi connectivity index (χ0v) is 11.5. The van der Waals surface area contributed by atoms with E-state index in [-0.39, 0.29) is 5.91 Å². The van der Waals surface area contributed by atoms with Crippen LogP contribution in [0.15, 0.2) is 30.5 Å². The standard InChI is InChI=1S/C14H17N5O/c1-3-11-7-10(8-12(17-11)19-15)14(20)18-13-9(2)5-4-6-16-13/h4-8H,3,15H2,1-2H3,(H,17,19)(H,16,18,20). The van der Waals surface area contributed by atoms with Crippen molar-refractivity contribution in [2.75, 3.05) is 10.7 Å². The molecule has 0 aliphatic heterocycles. The van der Waals surface area contributed by atoms with Crippen LogP contribution in [-0.2, 0) is 6.42 Å². The molecule has 2 aromatic heterocycles. The highest BCUT2D eigenvalue weighted by Crippen LogP contribution is 2.14. The number of aromatic nitrogens is 2. The zero-order valence-electron chi connectivity index (χ0n) is 11.5. The Hall–Kier alpha value is -2.47. The Labute approximate surface area is 117 Å². The molecule has 0 spiro atoms. The number of aryl methyl sites for hydroxylation is 2. The Morgan fingerprint density at radius 2 is 2.20 bits per heavy atom. The molecule has 0 radical (unpaired) electrons. The van der Waals surface area contributed by atoms with Crippen LogP contribution in [0.3, 0.4) is 0 Å². The first-order valence-electron chi connectivity index (χ1n) is 6.34. The molecule has 0 unspecified atom stereocenters. The second-order valence-corrected chi connectivity index (χ2v) is 4.35. The van der Waals surface area contributed by atoms with E-state index in [1.54, 1.807) is 18.3 Å². The molecular formula is C14H17N5O. The first kappa shape index (κ1) is 14.0. The number of nitrogen functional groups attached to an aromatic ring is 1. The minimum absolute atomic E-state index is 0.236. The highest BCUT2D eigenvalue weighted by atomic mass is 16.1. The van der Waals surface area contributed by atoms with Crippen molar-refractivity contribution < 1.29 is 4.79 Å². The molecule has 2 aromatic rings. The lowest BCUT2D eigenvalue weighted by atomic mass is 10.1. The molecule has 6 nitrogen and oxygen atoms in total. The molecule has 0 aliphatic carbocycles. The van der Waals surface area contributed by atoms with E-state index in [9.17, 15) is 4.79 Å². The van der Waals surface area contributed by atoms with Crippen LogP contribution in [0, 0.1) is 6.92 Å². The molecule has 0 fully saturated rings. The summed E-state index contributed by atoms with van der Waals surface area (Å²) in [6.07, 6.45) is 2.36. The van der Waals surface area contributed by atoms with E-state index in [2.05, 4.69) is 20.7 Å². The highest BCUT2D eigenvalue weighted by molar-refractivity contribution is 6.04. The van der Waals surface area contributed by atoms with Crippen LogP contribution in [0.4, 0.5) is 11.6 Å². The van der Waals surface area contributed by atoms with Gasteiger partial charge in [-0.1, -0.05) is 13.0 Å². The molecule has 0 aliphatic rings. The minimum atomic E-state index is -0.236. The SMILES string of the molecule is CCc1cc(C(=O)Nc2ncccc2C)cc(NN)n1. The third-order valence-electron chi connectivity index (χ3n) is 2.89. The van der Waals surface area contributed by atoms with E-state index >= 15 is 0 Å². The van der Waals surface area contributed by atoms with Crippen LogP contribution in [0.2, 0.25) is 0 Å². The molecule has 4 N–H and O–H groups in total. The Bertz CT molecular complexity index is 604. The Morgan fingerprint density at radius 3 is 2.85 bits per heavy atom. The van der Waals surface area contributed by atoms with Gasteiger partial charge >= 0.3 is 0 Å². The fourth-order valence-corrected chi connectivity index (χ4v) is 1.77. The number of nitrogens with one attached hydrogen (secondary N) is 2. The summed E-state index contributed by atoms with van der Waals surface area (Å²) in [4.78, 5) is 20.6. The lowest BCUT2D eigenvalue weighted by Gasteiger charge is -2.09. The largest absolute Gasteiger partial charge is 0.308 e. The fourth-order valence-electron chi connectivity index (χ4n) is 1.77. The second kappa shape index (κ2) is 6.12. The maximum Gasteiger partial charge on any atom is 0.257 e. The van der Waals surface area contributed by atoms with E-state index in [1.165, 1.54) is 0 Å². The highest BCUT2D eigenvalue weighted by Gasteiger charge is 2.11. The third kappa shape index (κ3) is 3.10. The maximum absolute atomic E-state index is 12.3. The van der Waals surface area contributed by atoms with Crippen molar-refractivity contribution in [2.24, 2.45) is 5.84 Å². The molecule has 104 valence electrons. The molecule has 0 atom stereocenters. The number of pyridine rings is 2. The van der Waals surface area contributed by atoms with Crippen molar-refractivity contribution in [1.82, 2.24) is 9.97 Å². The predicted octanol–water partition coefficient (Wildman–Crippen LogP) is 1.89. The molecule has 6 heteroatoms. The minimum Gasteiger partial charge on any atom is -0.308 e. The van der Waals surface area contributed by atoms with Gasteiger partial charge in [-0.15, -0.1) is 0 Å². The first-order valence-corrected chi connectivity index (χ1v) is 6.34. The van der Waals surface area contributed by atoms with Gasteiger partial charge in [0.25, 0.3) is 5.91 Å². The molecule has 0 bridgehead atoms. The van der Waals surface area contributed by atoms with E-state index in [0.717, 1.165) is 17.7 Å². The fraction of sp³-hybridized carbons (Fsp3) is 0.214. The van der Waals surface area contributed by atoms with Crippen molar-refractivity contribution in [3.8, 4) is 0 Å². The van der Waals surface area contributed by atoms with Gasteiger partial charge in [-0.05, 0) is 37.1 Å². The number of amides is 1. The van der Waals surface area contributed by atoms with Crippen LogP contribution < -0.4 is 16.6 Å². The molecule has 2 heterocycles. The van der Waals surface area contributed by atoms with Gasteiger partial charge in [0, 0.05) is 17.5 Å². The van der Waals surface area contributed by atoms with Crippen LogP contribution in [0.25, 0.3) is 0 Å². The number of nitrogens with two attached hydrogens (primary N) is 1. The number of hydrogen-bond donors (Lipinski definition) is 3. The summed E-state index contributed by atoms with van der Waals surface area (Å²) in [5, 5.41) is 2.78. The maximum atomic E-state index is 12.3.